The van der Waals surface area contributed by atoms with E-state index in [0.29, 0.717) is 30.9 Å². The van der Waals surface area contributed by atoms with Gasteiger partial charge >= 0.3 is 11.9 Å². The minimum Gasteiger partial charge on any atom is -0.486 e. The fraction of sp³-hybridized carbons (Fsp3) is 0.300. The molecule has 2 aliphatic rings. The highest BCUT2D eigenvalue weighted by Gasteiger charge is 2.40. The van der Waals surface area contributed by atoms with E-state index in [2.05, 4.69) is 6.08 Å². The van der Waals surface area contributed by atoms with E-state index in [0.717, 1.165) is 30.2 Å². The molecule has 200 valence electrons. The zero-order valence-electron chi connectivity index (χ0n) is 21.2. The van der Waals surface area contributed by atoms with Crippen LogP contribution < -0.4 is 4.74 Å². The van der Waals surface area contributed by atoms with E-state index < -0.39 is 17.7 Å². The number of ether oxygens (including phenoxy) is 3. The van der Waals surface area contributed by atoms with Gasteiger partial charge in [0.05, 0.1) is 6.54 Å². The number of aliphatic carboxylic acids is 1. The Labute approximate surface area is 221 Å². The first-order chi connectivity index (χ1) is 18.3. The molecule has 1 N–H and O–H groups in total. The summed E-state index contributed by atoms with van der Waals surface area (Å²) in [6.45, 7) is 0.399. The van der Waals surface area contributed by atoms with Crippen LogP contribution in [0.25, 0.3) is 0 Å². The molecule has 4 rings (SSSR count). The topological polar surface area (TPSA) is 68.2 Å². The van der Waals surface area contributed by atoms with Crippen LogP contribution >= 0.6 is 0 Å². The number of carboxylic acid groups (broad SMARTS) is 1. The monoisotopic (exact) mass is 523 g/mol. The van der Waals surface area contributed by atoms with E-state index in [1.54, 1.807) is 11.9 Å². The molecule has 0 amide bonds. The fourth-order valence-corrected chi connectivity index (χ4v) is 4.23. The van der Waals surface area contributed by atoms with E-state index >= 15 is 8.78 Å². The number of hydrogen-bond acceptors (Lipinski definition) is 5. The minimum absolute atomic E-state index is 0.0845. The first kappa shape index (κ1) is 27.1. The van der Waals surface area contributed by atoms with Gasteiger partial charge < -0.3 is 19.3 Å². The number of benzene rings is 2. The lowest BCUT2D eigenvalue weighted by Crippen LogP contribution is -2.28. The first-order valence-corrected chi connectivity index (χ1v) is 12.5. The molecule has 1 aliphatic heterocycles. The molecule has 38 heavy (non-hydrogen) atoms. The van der Waals surface area contributed by atoms with Gasteiger partial charge in [0.25, 0.3) is 0 Å². The van der Waals surface area contributed by atoms with Crippen LogP contribution in [0, 0.1) is 0 Å². The highest BCUT2D eigenvalue weighted by atomic mass is 19.3. The van der Waals surface area contributed by atoms with Crippen molar-refractivity contribution in [2.45, 2.75) is 37.7 Å². The Morgan fingerprint density at radius 3 is 2.50 bits per heavy atom. The highest BCUT2D eigenvalue weighted by molar-refractivity contribution is 5.69. The van der Waals surface area contributed by atoms with E-state index in [-0.39, 0.29) is 18.2 Å². The lowest BCUT2D eigenvalue weighted by Gasteiger charge is -2.24. The number of alkyl halides is 2. The first-order valence-electron chi connectivity index (χ1n) is 12.5. The van der Waals surface area contributed by atoms with Gasteiger partial charge in [0, 0.05) is 24.9 Å². The van der Waals surface area contributed by atoms with Crippen LogP contribution in [0.15, 0.2) is 102 Å². The second kappa shape index (κ2) is 12.6. The molecule has 0 bridgehead atoms. The van der Waals surface area contributed by atoms with Crippen molar-refractivity contribution in [2.24, 2.45) is 0 Å². The maximum atomic E-state index is 15.2. The van der Waals surface area contributed by atoms with Crippen LogP contribution in [0.1, 0.15) is 42.9 Å². The molecule has 0 fully saturated rings. The fourth-order valence-electron chi connectivity index (χ4n) is 4.23. The predicted octanol–water partition coefficient (Wildman–Crippen LogP) is 6.70. The van der Waals surface area contributed by atoms with Crippen molar-refractivity contribution in [1.29, 1.82) is 0 Å². The molecular formula is C30H31F2NO5. The Morgan fingerprint density at radius 1 is 1.11 bits per heavy atom. The third-order valence-corrected chi connectivity index (χ3v) is 6.29. The molecule has 0 radical (unpaired) electrons. The Balaban J connectivity index is 1.39. The summed E-state index contributed by atoms with van der Waals surface area (Å²) in [6, 6.07) is 15.1. The molecule has 0 saturated carbocycles. The van der Waals surface area contributed by atoms with Crippen molar-refractivity contribution in [2.75, 3.05) is 20.1 Å². The summed E-state index contributed by atoms with van der Waals surface area (Å²) in [5, 5.41) is 9.00. The average molecular weight is 524 g/mol. The third kappa shape index (κ3) is 7.32. The van der Waals surface area contributed by atoms with Gasteiger partial charge in [0.2, 0.25) is 5.76 Å². The summed E-state index contributed by atoms with van der Waals surface area (Å²) in [6.07, 6.45) is 10.8. The standard InChI is InChI=1S/C30H31F2NO5/c1-33(19-29(34)35)17-16-27(23-10-6-3-7-11-23)38-25-14-12-24(13-15-25)30(31,32)28-21-36-26(20-37-28)18-22-8-4-2-5-9-22/h2-4,6-8,10-15,20-21,27H,5,9,16-19H2,1H3,(H,34,35). The van der Waals surface area contributed by atoms with E-state index in [1.807, 2.05) is 42.5 Å². The van der Waals surface area contributed by atoms with Crippen molar-refractivity contribution in [1.82, 2.24) is 4.90 Å². The third-order valence-electron chi connectivity index (χ3n) is 6.29. The molecular weight excluding hydrogens is 492 g/mol. The van der Waals surface area contributed by atoms with E-state index in [9.17, 15) is 4.79 Å². The van der Waals surface area contributed by atoms with Crippen molar-refractivity contribution in [3.8, 4) is 5.75 Å². The molecule has 0 spiro atoms. The number of rotatable bonds is 12. The van der Waals surface area contributed by atoms with Crippen molar-refractivity contribution in [3.05, 3.63) is 114 Å². The van der Waals surface area contributed by atoms with Gasteiger partial charge in [-0.15, -0.1) is 0 Å². The summed E-state index contributed by atoms with van der Waals surface area (Å²) in [5.41, 5.74) is 1.81. The maximum Gasteiger partial charge on any atom is 0.332 e. The smallest absolute Gasteiger partial charge is 0.332 e. The second-order valence-corrected chi connectivity index (χ2v) is 9.31. The number of carbonyl (C=O) groups is 1. The molecule has 0 aromatic heterocycles. The van der Waals surface area contributed by atoms with Crippen molar-refractivity contribution in [3.63, 3.8) is 0 Å². The number of allylic oxidation sites excluding steroid dienone is 5. The lowest BCUT2D eigenvalue weighted by atomic mass is 10.0. The Hall–Kier alpha value is -3.91. The Kier molecular flexibility index (Phi) is 8.97. The van der Waals surface area contributed by atoms with Gasteiger partial charge in [-0.2, -0.15) is 8.78 Å². The van der Waals surface area contributed by atoms with Crippen LogP contribution in [-0.2, 0) is 20.2 Å². The van der Waals surface area contributed by atoms with Crippen LogP contribution in [0.3, 0.4) is 0 Å². The Bertz CT molecular complexity index is 1220. The number of hydrogen-bond donors (Lipinski definition) is 1. The van der Waals surface area contributed by atoms with Gasteiger partial charge in [-0.1, -0.05) is 54.1 Å². The zero-order chi connectivity index (χ0) is 27.0. The summed E-state index contributed by atoms with van der Waals surface area (Å²) in [5.74, 6) is -3.99. The number of likely N-dealkylation sites (N-methyl/N-ethyl adjacent to an activating group) is 1. The second-order valence-electron chi connectivity index (χ2n) is 9.31. The van der Waals surface area contributed by atoms with Gasteiger partial charge in [0.1, 0.15) is 30.1 Å². The average Bonchev–Trinajstić information content (AvgIpc) is 2.92. The maximum absolute atomic E-state index is 15.2. The summed E-state index contributed by atoms with van der Waals surface area (Å²) >= 11 is 0. The molecule has 1 heterocycles. The van der Waals surface area contributed by atoms with Crippen LogP contribution in [0.5, 0.6) is 5.75 Å². The van der Waals surface area contributed by atoms with Crippen LogP contribution in [-0.4, -0.2) is 36.1 Å². The largest absolute Gasteiger partial charge is 0.486 e. The van der Waals surface area contributed by atoms with Crippen molar-refractivity contribution < 1.29 is 32.9 Å². The quantitative estimate of drug-likeness (QED) is 0.334. The SMILES string of the molecule is CN(CCC(Oc1ccc(C(F)(F)C2=COC(CC3=CC=CCC3)=CO2)cc1)c1ccccc1)CC(=O)O. The van der Waals surface area contributed by atoms with Crippen LogP contribution in [0.4, 0.5) is 8.78 Å². The number of nitrogens with zero attached hydrogens (tertiary/aromatic N) is 1. The molecule has 0 saturated heterocycles. The molecule has 6 nitrogen and oxygen atoms in total. The van der Waals surface area contributed by atoms with Gasteiger partial charge in [0.15, 0.2) is 0 Å². The van der Waals surface area contributed by atoms with Gasteiger partial charge in [-0.05, 0) is 49.7 Å². The van der Waals surface area contributed by atoms with Gasteiger partial charge in [-0.25, -0.2) is 0 Å². The molecule has 2 aromatic rings. The number of carboxylic acids is 1. The summed E-state index contributed by atoms with van der Waals surface area (Å²) in [4.78, 5) is 12.7. The normalized spacial score (nSPS) is 16.1. The number of halogens is 2. The molecule has 1 aliphatic carbocycles. The Morgan fingerprint density at radius 2 is 1.87 bits per heavy atom. The minimum atomic E-state index is -3.40. The van der Waals surface area contributed by atoms with E-state index in [4.69, 9.17) is 19.3 Å². The lowest BCUT2D eigenvalue weighted by molar-refractivity contribution is -0.138. The molecule has 1 atom stereocenters. The summed E-state index contributed by atoms with van der Waals surface area (Å²) < 4.78 is 47.3. The highest BCUT2D eigenvalue weighted by Crippen LogP contribution is 2.39. The van der Waals surface area contributed by atoms with Gasteiger partial charge in [-0.3, -0.25) is 9.69 Å². The zero-order valence-corrected chi connectivity index (χ0v) is 21.2. The van der Waals surface area contributed by atoms with Crippen molar-refractivity contribution >= 4 is 5.97 Å². The predicted molar refractivity (Wildman–Crippen MR) is 139 cm³/mol. The molecule has 2 aromatic carbocycles. The van der Waals surface area contributed by atoms with E-state index in [1.165, 1.54) is 30.5 Å². The molecule has 8 heteroatoms. The summed E-state index contributed by atoms with van der Waals surface area (Å²) in [7, 11) is 1.72. The van der Waals surface area contributed by atoms with Crippen LogP contribution in [0.2, 0.25) is 0 Å². The molecule has 1 unspecified atom stereocenters.